The topological polar surface area (TPSA) is 43.8 Å². The highest BCUT2D eigenvalue weighted by Gasteiger charge is 2.35. The minimum absolute atomic E-state index is 0.228. The largest absolute Gasteiger partial charge is 0.321 e. The van der Waals surface area contributed by atoms with Crippen LogP contribution in [0.4, 0.5) is 0 Å². The SMILES string of the molecule is CCc1cc(CC2(N)CCc3ccccc32)n(CC)n1. The van der Waals surface area contributed by atoms with E-state index in [0.717, 1.165) is 37.9 Å². The molecule has 1 heterocycles. The molecule has 1 aliphatic rings. The van der Waals surface area contributed by atoms with Gasteiger partial charge >= 0.3 is 0 Å². The zero-order valence-electron chi connectivity index (χ0n) is 12.4. The quantitative estimate of drug-likeness (QED) is 0.927. The van der Waals surface area contributed by atoms with Gasteiger partial charge in [0, 0.05) is 24.2 Å². The molecule has 3 rings (SSSR count). The Morgan fingerprint density at radius 1 is 1.30 bits per heavy atom. The lowest BCUT2D eigenvalue weighted by Gasteiger charge is -2.25. The van der Waals surface area contributed by atoms with Crippen LogP contribution in [-0.2, 0) is 31.3 Å². The summed E-state index contributed by atoms with van der Waals surface area (Å²) < 4.78 is 2.11. The molecular formula is C17H23N3. The Balaban J connectivity index is 1.93. The van der Waals surface area contributed by atoms with Crippen molar-refractivity contribution in [3.63, 3.8) is 0 Å². The molecule has 3 nitrogen and oxygen atoms in total. The fourth-order valence-electron chi connectivity index (χ4n) is 3.33. The van der Waals surface area contributed by atoms with Gasteiger partial charge in [-0.15, -0.1) is 0 Å². The number of aromatic nitrogens is 2. The van der Waals surface area contributed by atoms with Crippen molar-refractivity contribution < 1.29 is 0 Å². The summed E-state index contributed by atoms with van der Waals surface area (Å²) in [6.07, 6.45) is 3.98. The first-order valence-corrected chi connectivity index (χ1v) is 7.59. The molecule has 1 aromatic carbocycles. The third kappa shape index (κ3) is 2.16. The highest BCUT2D eigenvalue weighted by atomic mass is 15.3. The summed E-state index contributed by atoms with van der Waals surface area (Å²) in [6, 6.07) is 10.8. The van der Waals surface area contributed by atoms with Crippen LogP contribution in [0.5, 0.6) is 0 Å². The maximum absolute atomic E-state index is 6.74. The molecule has 1 aromatic heterocycles. The van der Waals surface area contributed by atoms with E-state index in [-0.39, 0.29) is 5.54 Å². The van der Waals surface area contributed by atoms with Crippen LogP contribution in [0.1, 0.15) is 42.8 Å². The molecule has 0 spiro atoms. The van der Waals surface area contributed by atoms with E-state index in [9.17, 15) is 0 Å². The molecule has 1 unspecified atom stereocenters. The van der Waals surface area contributed by atoms with Crippen molar-refractivity contribution in [1.29, 1.82) is 0 Å². The van der Waals surface area contributed by atoms with Crippen LogP contribution in [0, 0.1) is 0 Å². The highest BCUT2D eigenvalue weighted by molar-refractivity contribution is 5.39. The van der Waals surface area contributed by atoms with E-state index in [2.05, 4.69) is 54.0 Å². The molecule has 0 radical (unpaired) electrons. The maximum atomic E-state index is 6.74. The maximum Gasteiger partial charge on any atom is 0.0624 e. The molecule has 0 saturated carbocycles. The third-order valence-electron chi connectivity index (χ3n) is 4.47. The van der Waals surface area contributed by atoms with E-state index in [1.54, 1.807) is 0 Å². The number of nitrogens with two attached hydrogens (primary N) is 1. The summed E-state index contributed by atoms with van der Waals surface area (Å²) >= 11 is 0. The second kappa shape index (κ2) is 5.06. The molecule has 1 atom stereocenters. The molecule has 106 valence electrons. The molecule has 0 fully saturated rings. The van der Waals surface area contributed by atoms with Crippen LogP contribution >= 0.6 is 0 Å². The first-order chi connectivity index (χ1) is 9.66. The molecule has 2 N–H and O–H groups in total. The predicted octanol–water partition coefficient (Wildman–Crippen LogP) is 2.81. The molecule has 0 amide bonds. The monoisotopic (exact) mass is 269 g/mol. The lowest BCUT2D eigenvalue weighted by atomic mass is 9.88. The molecule has 20 heavy (non-hydrogen) atoms. The van der Waals surface area contributed by atoms with E-state index >= 15 is 0 Å². The van der Waals surface area contributed by atoms with Gasteiger partial charge in [0.2, 0.25) is 0 Å². The van der Waals surface area contributed by atoms with Gasteiger partial charge in [-0.25, -0.2) is 0 Å². The van der Waals surface area contributed by atoms with Crippen LogP contribution in [0.25, 0.3) is 0 Å². The first kappa shape index (κ1) is 13.4. The average Bonchev–Trinajstić information content (AvgIpc) is 3.01. The van der Waals surface area contributed by atoms with Crippen molar-refractivity contribution >= 4 is 0 Å². The van der Waals surface area contributed by atoms with Crippen LogP contribution in [0.3, 0.4) is 0 Å². The highest BCUT2D eigenvalue weighted by Crippen LogP contribution is 2.37. The van der Waals surface area contributed by atoms with Crippen molar-refractivity contribution in [2.45, 2.75) is 51.6 Å². The van der Waals surface area contributed by atoms with Gasteiger partial charge in [0.05, 0.1) is 5.69 Å². The minimum atomic E-state index is -0.228. The zero-order valence-corrected chi connectivity index (χ0v) is 12.4. The fraction of sp³-hybridized carbons (Fsp3) is 0.471. The molecule has 2 aromatic rings. The molecule has 0 bridgehead atoms. The molecule has 0 saturated heterocycles. The van der Waals surface area contributed by atoms with Gasteiger partial charge < -0.3 is 5.73 Å². The van der Waals surface area contributed by atoms with Crippen molar-refractivity contribution in [2.24, 2.45) is 5.73 Å². The second-order valence-electron chi connectivity index (χ2n) is 5.79. The Bertz CT molecular complexity index is 614. The number of hydrogen-bond donors (Lipinski definition) is 1. The molecule has 0 aliphatic heterocycles. The number of rotatable bonds is 4. The second-order valence-corrected chi connectivity index (χ2v) is 5.79. The summed E-state index contributed by atoms with van der Waals surface area (Å²) in [5.41, 5.74) is 11.7. The van der Waals surface area contributed by atoms with Gasteiger partial charge in [-0.3, -0.25) is 4.68 Å². The Morgan fingerprint density at radius 2 is 2.10 bits per heavy atom. The summed E-state index contributed by atoms with van der Waals surface area (Å²) in [6.45, 7) is 5.20. The van der Waals surface area contributed by atoms with Crippen molar-refractivity contribution in [3.8, 4) is 0 Å². The summed E-state index contributed by atoms with van der Waals surface area (Å²) in [7, 11) is 0. The van der Waals surface area contributed by atoms with Gasteiger partial charge in [0.25, 0.3) is 0 Å². The Labute approximate surface area is 120 Å². The van der Waals surface area contributed by atoms with Gasteiger partial charge in [0.15, 0.2) is 0 Å². The number of benzene rings is 1. The van der Waals surface area contributed by atoms with E-state index < -0.39 is 0 Å². The number of hydrogen-bond acceptors (Lipinski definition) is 2. The van der Waals surface area contributed by atoms with E-state index in [0.29, 0.717) is 0 Å². The van der Waals surface area contributed by atoms with Gasteiger partial charge in [0.1, 0.15) is 0 Å². The van der Waals surface area contributed by atoms with Crippen molar-refractivity contribution in [1.82, 2.24) is 9.78 Å². The smallest absolute Gasteiger partial charge is 0.0624 e. The number of aryl methyl sites for hydroxylation is 3. The Hall–Kier alpha value is -1.61. The summed E-state index contributed by atoms with van der Waals surface area (Å²) in [5.74, 6) is 0. The predicted molar refractivity (Wildman–Crippen MR) is 81.6 cm³/mol. The van der Waals surface area contributed by atoms with Gasteiger partial charge in [-0.05, 0) is 43.4 Å². The first-order valence-electron chi connectivity index (χ1n) is 7.59. The Morgan fingerprint density at radius 3 is 2.85 bits per heavy atom. The average molecular weight is 269 g/mol. The van der Waals surface area contributed by atoms with Gasteiger partial charge in [-0.2, -0.15) is 5.10 Å². The molecule has 1 aliphatic carbocycles. The lowest BCUT2D eigenvalue weighted by Crippen LogP contribution is -2.37. The van der Waals surface area contributed by atoms with Crippen molar-refractivity contribution in [3.05, 3.63) is 52.8 Å². The lowest BCUT2D eigenvalue weighted by molar-refractivity contribution is 0.420. The van der Waals surface area contributed by atoms with Crippen LogP contribution in [0.2, 0.25) is 0 Å². The van der Waals surface area contributed by atoms with Gasteiger partial charge in [-0.1, -0.05) is 31.2 Å². The van der Waals surface area contributed by atoms with Crippen molar-refractivity contribution in [2.75, 3.05) is 0 Å². The van der Waals surface area contributed by atoms with Crippen LogP contribution in [-0.4, -0.2) is 9.78 Å². The zero-order chi connectivity index (χ0) is 14.2. The Kier molecular flexibility index (Phi) is 3.38. The van der Waals surface area contributed by atoms with Crippen LogP contribution < -0.4 is 5.73 Å². The fourth-order valence-corrected chi connectivity index (χ4v) is 3.33. The molecule has 3 heteroatoms. The van der Waals surface area contributed by atoms with Crippen LogP contribution in [0.15, 0.2) is 30.3 Å². The number of nitrogens with zero attached hydrogens (tertiary/aromatic N) is 2. The molecular weight excluding hydrogens is 246 g/mol. The van der Waals surface area contributed by atoms with E-state index in [4.69, 9.17) is 5.73 Å². The van der Waals surface area contributed by atoms with E-state index in [1.165, 1.54) is 16.8 Å². The summed E-state index contributed by atoms with van der Waals surface area (Å²) in [5, 5.41) is 4.64. The standard InChI is InChI=1S/C17H23N3/c1-3-14-11-15(20(4-2)19-14)12-17(18)10-9-13-7-5-6-8-16(13)17/h5-8,11H,3-4,9-10,12,18H2,1-2H3. The normalized spacial score (nSPS) is 21.1. The van der Waals surface area contributed by atoms with E-state index in [1.807, 2.05) is 0 Å². The minimum Gasteiger partial charge on any atom is -0.321 e. The summed E-state index contributed by atoms with van der Waals surface area (Å²) in [4.78, 5) is 0. The third-order valence-corrected chi connectivity index (χ3v) is 4.47. The number of fused-ring (bicyclic) bond motifs is 1.